The molecule has 3 heteroatoms. The Bertz CT molecular complexity index is 309. The van der Waals surface area contributed by atoms with E-state index in [4.69, 9.17) is 0 Å². The summed E-state index contributed by atoms with van der Waals surface area (Å²) in [5.41, 5.74) is 0.972. The zero-order valence-electron chi connectivity index (χ0n) is 10.2. The Balaban J connectivity index is 0.00000144. The van der Waals surface area contributed by atoms with Crippen LogP contribution in [0.3, 0.4) is 0 Å². The smallest absolute Gasteiger partial charge is 0.0672 e. The van der Waals surface area contributed by atoms with E-state index in [0.717, 1.165) is 45.2 Å². The second kappa shape index (κ2) is 7.00. The van der Waals surface area contributed by atoms with E-state index in [9.17, 15) is 5.11 Å². The zero-order valence-corrected chi connectivity index (χ0v) is 10.9. The van der Waals surface area contributed by atoms with Crippen molar-refractivity contribution >= 4 is 0 Å². The van der Waals surface area contributed by atoms with Crippen LogP contribution in [0.5, 0.6) is 0 Å². The van der Waals surface area contributed by atoms with Gasteiger partial charge >= 0.3 is 0 Å². The van der Waals surface area contributed by atoms with Crippen LogP contribution in [-0.4, -0.2) is 23.8 Å². The number of rotatable bonds is 4. The van der Waals surface area contributed by atoms with Crippen molar-refractivity contribution in [3.05, 3.63) is 35.9 Å². The lowest BCUT2D eigenvalue weighted by molar-refractivity contribution is -0.000362. The third-order valence-electron chi connectivity index (χ3n) is 3.48. The fraction of sp³-hybridized carbons (Fsp3) is 0.571. The molecule has 0 amide bonds. The maximum absolute atomic E-state index is 10.3. The number of nitrogens with one attached hydrogen (secondary N) is 1. The summed E-state index contributed by atoms with van der Waals surface area (Å²) in [6.07, 6.45) is 4.91. The third kappa shape index (κ3) is 4.66. The predicted octanol–water partition coefficient (Wildman–Crippen LogP) is -0.872. The molecule has 96 valence electrons. The van der Waals surface area contributed by atoms with E-state index in [1.807, 2.05) is 6.07 Å². The molecule has 1 fully saturated rings. The molecule has 0 bridgehead atoms. The lowest BCUT2D eigenvalue weighted by Crippen LogP contribution is -3.00. The van der Waals surface area contributed by atoms with Gasteiger partial charge in [-0.15, -0.1) is 0 Å². The molecule has 0 aliphatic carbocycles. The standard InChI is InChI=1S/C14H21NO.ClH/c16-14(9-11-15-12-10-14)8-4-7-13-5-2-1-3-6-13;/h1-3,5-6,15-16H,4,7-12H2;1H/p-1. The molecule has 0 aromatic heterocycles. The van der Waals surface area contributed by atoms with Crippen LogP contribution in [0, 0.1) is 0 Å². The van der Waals surface area contributed by atoms with Gasteiger partial charge in [0, 0.05) is 0 Å². The number of halogens is 1. The Morgan fingerprint density at radius 2 is 1.76 bits per heavy atom. The van der Waals surface area contributed by atoms with Crippen molar-refractivity contribution in [1.82, 2.24) is 5.32 Å². The van der Waals surface area contributed by atoms with Crippen molar-refractivity contribution in [1.29, 1.82) is 0 Å². The first-order chi connectivity index (χ1) is 7.79. The van der Waals surface area contributed by atoms with E-state index >= 15 is 0 Å². The Morgan fingerprint density at radius 3 is 2.41 bits per heavy atom. The third-order valence-corrected chi connectivity index (χ3v) is 3.48. The summed E-state index contributed by atoms with van der Waals surface area (Å²) in [7, 11) is 0. The van der Waals surface area contributed by atoms with Crippen molar-refractivity contribution in [2.75, 3.05) is 13.1 Å². The molecule has 1 aliphatic heterocycles. The first-order valence-electron chi connectivity index (χ1n) is 6.26. The average Bonchev–Trinajstić information content (AvgIpc) is 2.31. The summed E-state index contributed by atoms with van der Waals surface area (Å²) < 4.78 is 0. The zero-order chi connectivity index (χ0) is 11.3. The van der Waals surface area contributed by atoms with Gasteiger partial charge in [-0.2, -0.15) is 0 Å². The first kappa shape index (κ1) is 14.5. The maximum atomic E-state index is 10.3. The summed E-state index contributed by atoms with van der Waals surface area (Å²) >= 11 is 0. The molecule has 17 heavy (non-hydrogen) atoms. The van der Waals surface area contributed by atoms with E-state index in [0.29, 0.717) is 0 Å². The van der Waals surface area contributed by atoms with Gasteiger partial charge < -0.3 is 22.8 Å². The first-order valence-corrected chi connectivity index (χ1v) is 6.26. The fourth-order valence-electron chi connectivity index (χ4n) is 2.41. The normalized spacial score (nSPS) is 18.4. The minimum Gasteiger partial charge on any atom is -1.00 e. The predicted molar refractivity (Wildman–Crippen MR) is 66.4 cm³/mol. The summed E-state index contributed by atoms with van der Waals surface area (Å²) in [4.78, 5) is 0. The van der Waals surface area contributed by atoms with Gasteiger partial charge in [0.1, 0.15) is 0 Å². The number of aryl methyl sites for hydroxylation is 1. The molecule has 0 atom stereocenters. The Labute approximate surface area is 110 Å². The van der Waals surface area contributed by atoms with Crippen LogP contribution in [0.4, 0.5) is 0 Å². The van der Waals surface area contributed by atoms with Gasteiger partial charge in [0.15, 0.2) is 0 Å². The minimum atomic E-state index is -0.403. The van der Waals surface area contributed by atoms with Crippen molar-refractivity contribution in [3.8, 4) is 0 Å². The summed E-state index contributed by atoms with van der Waals surface area (Å²) in [5, 5.41) is 13.6. The van der Waals surface area contributed by atoms with Crippen molar-refractivity contribution in [2.45, 2.75) is 37.7 Å². The molecular weight excluding hydrogens is 234 g/mol. The van der Waals surface area contributed by atoms with Gasteiger partial charge in [-0.25, -0.2) is 0 Å². The molecule has 1 aromatic carbocycles. The molecule has 2 N–H and O–H groups in total. The molecule has 0 unspecified atom stereocenters. The van der Waals surface area contributed by atoms with Gasteiger partial charge in [-0.3, -0.25) is 0 Å². The summed E-state index contributed by atoms with van der Waals surface area (Å²) in [6.45, 7) is 1.92. The van der Waals surface area contributed by atoms with Crippen LogP contribution in [0.2, 0.25) is 0 Å². The molecule has 0 spiro atoms. The Morgan fingerprint density at radius 1 is 1.12 bits per heavy atom. The highest BCUT2D eigenvalue weighted by molar-refractivity contribution is 5.14. The van der Waals surface area contributed by atoms with E-state index in [1.54, 1.807) is 0 Å². The molecule has 1 aromatic rings. The monoisotopic (exact) mass is 254 g/mol. The lowest BCUT2D eigenvalue weighted by Gasteiger charge is -2.32. The molecular formula is C14H21ClNO-. The average molecular weight is 255 g/mol. The van der Waals surface area contributed by atoms with E-state index in [1.165, 1.54) is 5.56 Å². The molecule has 1 saturated heterocycles. The quantitative estimate of drug-likeness (QED) is 0.732. The van der Waals surface area contributed by atoms with Gasteiger partial charge in [-0.1, -0.05) is 30.3 Å². The molecule has 0 saturated carbocycles. The number of hydrogen-bond donors (Lipinski definition) is 2. The van der Waals surface area contributed by atoms with Crippen molar-refractivity contribution in [3.63, 3.8) is 0 Å². The second-order valence-electron chi connectivity index (χ2n) is 4.81. The second-order valence-corrected chi connectivity index (χ2v) is 4.81. The molecule has 1 aliphatic rings. The van der Waals surface area contributed by atoms with Crippen LogP contribution in [0.15, 0.2) is 30.3 Å². The maximum Gasteiger partial charge on any atom is 0.0672 e. The largest absolute Gasteiger partial charge is 1.00 e. The number of piperidine rings is 1. The van der Waals surface area contributed by atoms with Gasteiger partial charge in [0.05, 0.1) is 5.60 Å². The highest BCUT2D eigenvalue weighted by Crippen LogP contribution is 2.24. The van der Waals surface area contributed by atoms with Gasteiger partial charge in [-0.05, 0) is 50.8 Å². The van der Waals surface area contributed by atoms with E-state index < -0.39 is 5.60 Å². The van der Waals surface area contributed by atoms with Gasteiger partial charge in [0.25, 0.3) is 0 Å². The van der Waals surface area contributed by atoms with Crippen LogP contribution in [0.1, 0.15) is 31.2 Å². The molecule has 2 nitrogen and oxygen atoms in total. The molecule has 1 heterocycles. The Hall–Kier alpha value is -0.570. The lowest BCUT2D eigenvalue weighted by atomic mass is 9.87. The summed E-state index contributed by atoms with van der Waals surface area (Å²) in [5.74, 6) is 0. The molecule has 2 rings (SSSR count). The SMILES string of the molecule is OC1(CCCc2ccccc2)CCNCC1.[Cl-]. The van der Waals surface area contributed by atoms with Gasteiger partial charge in [0.2, 0.25) is 0 Å². The van der Waals surface area contributed by atoms with Crippen LogP contribution < -0.4 is 17.7 Å². The Kier molecular flexibility index (Phi) is 5.96. The summed E-state index contributed by atoms with van der Waals surface area (Å²) in [6, 6.07) is 10.5. The topological polar surface area (TPSA) is 32.3 Å². The van der Waals surface area contributed by atoms with E-state index in [2.05, 4.69) is 29.6 Å². The van der Waals surface area contributed by atoms with Crippen molar-refractivity contribution in [2.24, 2.45) is 0 Å². The van der Waals surface area contributed by atoms with Crippen molar-refractivity contribution < 1.29 is 17.5 Å². The van der Waals surface area contributed by atoms with Crippen LogP contribution >= 0.6 is 0 Å². The minimum absolute atomic E-state index is 0. The van der Waals surface area contributed by atoms with E-state index in [-0.39, 0.29) is 12.4 Å². The highest BCUT2D eigenvalue weighted by Gasteiger charge is 2.27. The fourth-order valence-corrected chi connectivity index (χ4v) is 2.41. The molecule has 0 radical (unpaired) electrons. The number of benzene rings is 1. The number of hydrogen-bond acceptors (Lipinski definition) is 2. The van der Waals surface area contributed by atoms with Crippen LogP contribution in [-0.2, 0) is 6.42 Å². The highest BCUT2D eigenvalue weighted by atomic mass is 35.5. The number of aliphatic hydroxyl groups is 1. The van der Waals surface area contributed by atoms with Crippen LogP contribution in [0.25, 0.3) is 0 Å².